The molecule has 0 fully saturated rings. The molecule has 0 heterocycles. The predicted octanol–water partition coefficient (Wildman–Crippen LogP) is 23.9. The van der Waals surface area contributed by atoms with Crippen LogP contribution in [0.4, 0.5) is 0 Å². The molecule has 108 heavy (non-hydrogen) atoms. The van der Waals surface area contributed by atoms with E-state index in [0.717, 1.165) is 167 Å². The number of hydrogen-bond acceptors (Lipinski definition) is 15. The van der Waals surface area contributed by atoms with Crippen LogP contribution in [0.2, 0.25) is 0 Å². The smallest absolute Gasteiger partial charge is 0.462 e. The quantitative estimate of drug-likeness (QED) is 0.0169. The summed E-state index contributed by atoms with van der Waals surface area (Å²) in [6.45, 7) is 4.24. The van der Waals surface area contributed by atoms with E-state index in [2.05, 4.69) is 192 Å². The highest BCUT2D eigenvalue weighted by molar-refractivity contribution is 7.47. The lowest BCUT2D eigenvalue weighted by atomic mass is 10.1. The Kier molecular flexibility index (Phi) is 74.1. The summed E-state index contributed by atoms with van der Waals surface area (Å²) in [4.78, 5) is 73.0. The topological polar surface area (TPSA) is 237 Å². The van der Waals surface area contributed by atoms with E-state index in [1.165, 1.54) is 19.3 Å². The molecule has 0 radical (unpaired) electrons. The number of carbonyl (C=O) groups is 4. The van der Waals surface area contributed by atoms with E-state index in [0.29, 0.717) is 32.1 Å². The second-order valence-electron chi connectivity index (χ2n) is 25.9. The van der Waals surface area contributed by atoms with Gasteiger partial charge in [0.1, 0.15) is 19.3 Å². The van der Waals surface area contributed by atoms with Crippen molar-refractivity contribution in [2.45, 2.75) is 290 Å². The highest BCUT2D eigenvalue weighted by Gasteiger charge is 2.30. The molecule has 0 aromatic heterocycles. The van der Waals surface area contributed by atoms with Crippen LogP contribution in [0.5, 0.6) is 0 Å². The maximum absolute atomic E-state index is 13.1. The highest BCUT2D eigenvalue weighted by atomic mass is 31.2. The molecule has 0 aromatic carbocycles. The first-order chi connectivity index (χ1) is 52.7. The first-order valence-corrected chi connectivity index (χ1v) is 43.3. The van der Waals surface area contributed by atoms with Gasteiger partial charge in [-0.2, -0.15) is 0 Å². The number of aliphatic hydroxyl groups is 1. The predicted molar refractivity (Wildman–Crippen MR) is 445 cm³/mol. The van der Waals surface area contributed by atoms with Gasteiger partial charge in [-0.3, -0.25) is 37.3 Å². The van der Waals surface area contributed by atoms with Gasteiger partial charge in [-0.1, -0.05) is 292 Å². The van der Waals surface area contributed by atoms with Gasteiger partial charge in [0.2, 0.25) is 0 Å². The minimum atomic E-state index is -5.03. The molecule has 0 spiro atoms. The molecule has 0 aliphatic heterocycles. The number of allylic oxidation sites excluding steroid dienone is 33. The number of unbranched alkanes of at least 4 members (excludes halogenated alkanes) is 14. The van der Waals surface area contributed by atoms with Crippen molar-refractivity contribution in [3.05, 3.63) is 207 Å². The Morgan fingerprint density at radius 1 is 0.278 bits per heavy atom. The van der Waals surface area contributed by atoms with Crippen molar-refractivity contribution < 1.29 is 80.2 Å². The van der Waals surface area contributed by atoms with Crippen molar-refractivity contribution in [1.29, 1.82) is 0 Å². The second-order valence-corrected chi connectivity index (χ2v) is 28.8. The van der Waals surface area contributed by atoms with Crippen molar-refractivity contribution in [1.82, 2.24) is 0 Å². The number of aliphatic hydroxyl groups excluding tert-OH is 1. The largest absolute Gasteiger partial charge is 0.472 e. The molecule has 5 atom stereocenters. The number of ether oxygens (including phenoxy) is 4. The van der Waals surface area contributed by atoms with Crippen LogP contribution in [-0.4, -0.2) is 96.7 Å². The molecule has 19 heteroatoms. The Morgan fingerprint density at radius 3 is 0.880 bits per heavy atom. The normalized spacial score (nSPS) is 14.9. The lowest BCUT2D eigenvalue weighted by Crippen LogP contribution is -2.30. The number of hydrogen-bond donors (Lipinski definition) is 3. The molecule has 0 aromatic rings. The lowest BCUT2D eigenvalue weighted by molar-refractivity contribution is -0.161. The van der Waals surface area contributed by atoms with Crippen LogP contribution in [0.15, 0.2) is 207 Å². The molecule has 0 amide bonds. The fraction of sp³-hybridized carbons (Fsp3) is 0.573. The number of rotatable bonds is 73. The third-order valence-corrected chi connectivity index (χ3v) is 17.7. The second kappa shape index (κ2) is 78.8. The summed E-state index contributed by atoms with van der Waals surface area (Å²) >= 11 is 0. The molecule has 0 saturated carbocycles. The minimum absolute atomic E-state index is 0.00779. The Morgan fingerprint density at radius 2 is 0.537 bits per heavy atom. The van der Waals surface area contributed by atoms with Crippen LogP contribution in [0.25, 0.3) is 0 Å². The SMILES string of the molecule is CC/C=C\C/C=C\C/C=C\C/C=C\C/C=C\C/C=C\CCC(=O)OCC(COP(=O)(O)OCC(O)COP(=O)(O)OCC(COC(=O)CCCCCCCC/C=C\C/C=C\C/C=C\C/C=C\CC)OC(=O)CCCCCCC/C=C\C/C=C\CCCCC)OC(=O)C/C=C\C/C=C\C/C=C\C/C=C\C/C=C\CC. The zero-order valence-electron chi connectivity index (χ0n) is 66.4. The lowest BCUT2D eigenvalue weighted by Gasteiger charge is -2.21. The summed E-state index contributed by atoms with van der Waals surface area (Å²) in [5.41, 5.74) is 0. The maximum Gasteiger partial charge on any atom is 0.472 e. The summed E-state index contributed by atoms with van der Waals surface area (Å²) < 4.78 is 68.4. The van der Waals surface area contributed by atoms with Gasteiger partial charge in [0, 0.05) is 19.3 Å². The Bertz CT molecular complexity index is 2860. The molecule has 0 aliphatic carbocycles. The minimum Gasteiger partial charge on any atom is -0.462 e. The standard InChI is InChI=1S/C89H140O17P2/c1-5-9-13-17-21-25-29-33-37-39-41-43-47-49-53-57-61-65-69-73-86(91)99-79-84(105-88(93)75-71-67-63-59-55-51-45-35-31-27-23-19-15-11-7-3)81-103-107(95,96)101-77-83(90)78-102-108(97,98)104-82-85(106-89(94)76-72-68-64-60-56-52-46-36-32-28-24-20-16-12-8-4)80-100-87(92)74-70-66-62-58-54-50-48-44-42-40-38-34-30-26-22-18-14-10-6-2/h9-11,13-15,21-28,33-38,41-46,49,53,55,59,61,65,67,71,83-85,90H,5-8,12,16-20,29-32,39-40,47-48,50-52,54,56-58,60,62-64,66,68-70,72-82H2,1-4H3,(H,95,96)(H,97,98)/b13-9-,14-10-,15-11-,25-21-,26-22-,27-23-,28-24-,37-33-,38-34-,43-41-,44-42-,45-35-,46-36-,53-49-,59-55-,65-61-,71-67-. The van der Waals surface area contributed by atoms with Crippen molar-refractivity contribution in [2.24, 2.45) is 0 Å². The molecule has 3 N–H and O–H groups in total. The summed E-state index contributed by atoms with van der Waals surface area (Å²) in [7, 11) is -10.0. The zero-order chi connectivity index (χ0) is 78.9. The first-order valence-electron chi connectivity index (χ1n) is 40.3. The molecule has 608 valence electrons. The third-order valence-electron chi connectivity index (χ3n) is 15.8. The van der Waals surface area contributed by atoms with E-state index >= 15 is 0 Å². The fourth-order valence-electron chi connectivity index (χ4n) is 9.75. The van der Waals surface area contributed by atoms with Crippen LogP contribution in [0, 0.1) is 0 Å². The number of phosphoric acid groups is 2. The van der Waals surface area contributed by atoms with Crippen LogP contribution >= 0.6 is 15.6 Å². The molecule has 17 nitrogen and oxygen atoms in total. The summed E-state index contributed by atoms with van der Waals surface area (Å²) in [5, 5.41) is 10.6. The van der Waals surface area contributed by atoms with Gasteiger partial charge in [-0.25, -0.2) is 9.13 Å². The Labute approximate surface area is 652 Å². The number of carbonyl (C=O) groups excluding carboxylic acids is 4. The molecule has 0 saturated heterocycles. The highest BCUT2D eigenvalue weighted by Crippen LogP contribution is 2.45. The van der Waals surface area contributed by atoms with E-state index in [1.807, 2.05) is 30.4 Å². The average molecular weight is 1540 g/mol. The Balaban J connectivity index is 5.53. The van der Waals surface area contributed by atoms with Gasteiger partial charge in [-0.15, -0.1) is 0 Å². The first kappa shape index (κ1) is 102. The van der Waals surface area contributed by atoms with Gasteiger partial charge in [0.15, 0.2) is 12.2 Å². The summed E-state index contributed by atoms with van der Waals surface area (Å²) in [5.74, 6) is -2.48. The zero-order valence-corrected chi connectivity index (χ0v) is 68.2. The van der Waals surface area contributed by atoms with E-state index in [-0.39, 0.29) is 25.7 Å². The third kappa shape index (κ3) is 77.8. The average Bonchev–Trinajstić information content (AvgIpc) is 0.923. The van der Waals surface area contributed by atoms with Gasteiger partial charge in [0.05, 0.1) is 32.8 Å². The maximum atomic E-state index is 13.1. The van der Waals surface area contributed by atoms with Crippen molar-refractivity contribution in [2.75, 3.05) is 39.6 Å². The Hall–Kier alpha value is -6.36. The monoisotopic (exact) mass is 1540 g/mol. The summed E-state index contributed by atoms with van der Waals surface area (Å²) in [6.07, 6.45) is 98.5. The van der Waals surface area contributed by atoms with Crippen molar-refractivity contribution in [3.8, 4) is 0 Å². The summed E-state index contributed by atoms with van der Waals surface area (Å²) in [6, 6.07) is 0. The van der Waals surface area contributed by atoms with Crippen LogP contribution < -0.4 is 0 Å². The molecule has 0 rings (SSSR count). The van der Waals surface area contributed by atoms with Gasteiger partial charge in [0.25, 0.3) is 0 Å². The number of phosphoric ester groups is 2. The molecule has 0 aliphatic rings. The van der Waals surface area contributed by atoms with Crippen molar-refractivity contribution >= 4 is 39.5 Å². The fourth-order valence-corrected chi connectivity index (χ4v) is 11.3. The van der Waals surface area contributed by atoms with Crippen LogP contribution in [-0.2, 0) is 65.4 Å². The van der Waals surface area contributed by atoms with E-state index in [4.69, 9.17) is 37.0 Å². The molecule has 0 bridgehead atoms. The molecular weight excluding hydrogens is 1400 g/mol. The van der Waals surface area contributed by atoms with Crippen molar-refractivity contribution in [3.63, 3.8) is 0 Å². The molecular formula is C89H140O17P2. The van der Waals surface area contributed by atoms with E-state index in [9.17, 15) is 43.2 Å². The van der Waals surface area contributed by atoms with E-state index in [1.54, 1.807) is 12.2 Å². The van der Waals surface area contributed by atoms with Gasteiger partial charge >= 0.3 is 39.5 Å². The number of esters is 4. The van der Waals surface area contributed by atoms with Gasteiger partial charge < -0.3 is 33.8 Å². The van der Waals surface area contributed by atoms with Crippen LogP contribution in [0.1, 0.15) is 272 Å². The van der Waals surface area contributed by atoms with Gasteiger partial charge in [-0.05, 0) is 161 Å². The van der Waals surface area contributed by atoms with Crippen LogP contribution in [0.3, 0.4) is 0 Å². The van der Waals surface area contributed by atoms with E-state index < -0.39 is 97.5 Å². The molecule has 5 unspecified atom stereocenters.